The molecule has 128 valence electrons. The van der Waals surface area contributed by atoms with Gasteiger partial charge in [0.25, 0.3) is 5.56 Å². The van der Waals surface area contributed by atoms with E-state index in [0.717, 1.165) is 18.9 Å². The lowest BCUT2D eigenvalue weighted by atomic mass is 10.1. The Bertz CT molecular complexity index is 1100. The van der Waals surface area contributed by atoms with E-state index in [9.17, 15) is 19.1 Å². The number of fused-ring (bicyclic) bond motifs is 1. The van der Waals surface area contributed by atoms with Crippen LogP contribution in [0.15, 0.2) is 23.1 Å². The summed E-state index contributed by atoms with van der Waals surface area (Å²) in [7, 11) is 0. The molecule has 2 heterocycles. The largest absolute Gasteiger partial charge is 0.476 e. The molecular weight excluding hydrogens is 372 g/mol. The predicted molar refractivity (Wildman–Crippen MR) is 90.2 cm³/mol. The first-order chi connectivity index (χ1) is 11.9. The third-order valence-corrected chi connectivity index (χ3v) is 4.87. The fraction of sp³-hybridized carbons (Fsp3) is 0.188. The normalized spacial score (nSPS) is 14.2. The molecule has 0 radical (unpaired) electrons. The van der Waals surface area contributed by atoms with Gasteiger partial charge in [-0.2, -0.15) is 5.10 Å². The summed E-state index contributed by atoms with van der Waals surface area (Å²) in [5.74, 6) is -1.86. The number of hydrogen-bond donors (Lipinski definition) is 2. The van der Waals surface area contributed by atoms with Gasteiger partial charge < -0.3 is 10.1 Å². The summed E-state index contributed by atoms with van der Waals surface area (Å²) >= 11 is 11.7. The molecule has 0 atom stereocenters. The van der Waals surface area contributed by atoms with E-state index in [1.807, 2.05) is 0 Å². The lowest BCUT2D eigenvalue weighted by Gasteiger charge is -2.06. The van der Waals surface area contributed by atoms with Gasteiger partial charge in [0.05, 0.1) is 21.9 Å². The molecule has 2 aromatic heterocycles. The lowest BCUT2D eigenvalue weighted by Crippen LogP contribution is -2.12. The van der Waals surface area contributed by atoms with Crippen molar-refractivity contribution in [3.8, 4) is 11.3 Å². The van der Waals surface area contributed by atoms with Crippen molar-refractivity contribution in [2.24, 2.45) is 0 Å². The van der Waals surface area contributed by atoms with Gasteiger partial charge in [-0.05, 0) is 30.9 Å². The highest BCUT2D eigenvalue weighted by Crippen LogP contribution is 2.43. The quantitative estimate of drug-likeness (QED) is 0.676. The van der Waals surface area contributed by atoms with Gasteiger partial charge in [-0.25, -0.2) is 13.7 Å². The SMILES string of the molecule is O=C(O)c1nn2cc(-c3cc(Cl)c(Cl)cc3F)[nH]c(=O)c2c1C1CC1. The van der Waals surface area contributed by atoms with Gasteiger partial charge >= 0.3 is 5.97 Å². The minimum atomic E-state index is -1.20. The first-order valence-corrected chi connectivity index (χ1v) is 8.16. The maximum absolute atomic E-state index is 14.2. The number of hydrogen-bond acceptors (Lipinski definition) is 3. The van der Waals surface area contributed by atoms with Gasteiger partial charge in [-0.15, -0.1) is 0 Å². The molecule has 0 saturated heterocycles. The van der Waals surface area contributed by atoms with Crippen molar-refractivity contribution in [1.29, 1.82) is 0 Å². The van der Waals surface area contributed by atoms with E-state index in [0.29, 0.717) is 5.56 Å². The van der Waals surface area contributed by atoms with Gasteiger partial charge in [-0.1, -0.05) is 23.2 Å². The number of aromatic carboxylic acids is 1. The molecule has 25 heavy (non-hydrogen) atoms. The molecule has 0 bridgehead atoms. The van der Waals surface area contributed by atoms with E-state index in [1.165, 1.54) is 16.8 Å². The van der Waals surface area contributed by atoms with Crippen molar-refractivity contribution < 1.29 is 14.3 Å². The Labute approximate surface area is 149 Å². The summed E-state index contributed by atoms with van der Waals surface area (Å²) in [4.78, 5) is 26.6. The molecule has 0 unspecified atom stereocenters. The topological polar surface area (TPSA) is 87.5 Å². The molecule has 3 aromatic rings. The third-order valence-electron chi connectivity index (χ3n) is 4.15. The van der Waals surface area contributed by atoms with Crippen LogP contribution in [0, 0.1) is 5.82 Å². The second-order valence-electron chi connectivity index (χ2n) is 5.88. The highest BCUT2D eigenvalue weighted by atomic mass is 35.5. The smallest absolute Gasteiger partial charge is 0.356 e. The highest BCUT2D eigenvalue weighted by Gasteiger charge is 2.34. The minimum Gasteiger partial charge on any atom is -0.476 e. The van der Waals surface area contributed by atoms with Crippen molar-refractivity contribution in [3.05, 3.63) is 55.8 Å². The van der Waals surface area contributed by atoms with Crippen LogP contribution in [-0.4, -0.2) is 25.7 Å². The Morgan fingerprint density at radius 1 is 1.32 bits per heavy atom. The van der Waals surface area contributed by atoms with Crippen LogP contribution in [0.1, 0.15) is 34.8 Å². The molecule has 0 spiro atoms. The second-order valence-corrected chi connectivity index (χ2v) is 6.69. The van der Waals surface area contributed by atoms with Crippen molar-refractivity contribution in [2.75, 3.05) is 0 Å². The number of carboxylic acids is 1. The zero-order valence-corrected chi connectivity index (χ0v) is 14.0. The van der Waals surface area contributed by atoms with Gasteiger partial charge in [0.1, 0.15) is 11.3 Å². The fourth-order valence-corrected chi connectivity index (χ4v) is 3.20. The number of benzene rings is 1. The summed E-state index contributed by atoms with van der Waals surface area (Å²) in [5, 5.41) is 13.5. The number of aromatic amines is 1. The minimum absolute atomic E-state index is 0.0114. The number of halogens is 3. The maximum Gasteiger partial charge on any atom is 0.356 e. The monoisotopic (exact) mass is 381 g/mol. The summed E-state index contributed by atoms with van der Waals surface area (Å²) in [6.45, 7) is 0. The van der Waals surface area contributed by atoms with Crippen molar-refractivity contribution >= 4 is 34.7 Å². The molecule has 0 amide bonds. The lowest BCUT2D eigenvalue weighted by molar-refractivity contribution is 0.0689. The van der Waals surface area contributed by atoms with E-state index >= 15 is 0 Å². The number of nitrogens with zero attached hydrogens (tertiary/aromatic N) is 2. The van der Waals surface area contributed by atoms with E-state index in [1.54, 1.807) is 0 Å². The van der Waals surface area contributed by atoms with Crippen molar-refractivity contribution in [2.45, 2.75) is 18.8 Å². The third kappa shape index (κ3) is 2.60. The van der Waals surface area contributed by atoms with Crippen LogP contribution in [0.2, 0.25) is 10.0 Å². The summed E-state index contributed by atoms with van der Waals surface area (Å²) in [5.41, 5.74) is 0.0627. The second kappa shape index (κ2) is 5.57. The van der Waals surface area contributed by atoms with Crippen molar-refractivity contribution in [1.82, 2.24) is 14.6 Å². The molecule has 6 nitrogen and oxygen atoms in total. The Morgan fingerprint density at radius 3 is 2.64 bits per heavy atom. The van der Waals surface area contributed by atoms with E-state index < -0.39 is 17.3 Å². The van der Waals surface area contributed by atoms with Crippen LogP contribution >= 0.6 is 23.2 Å². The summed E-state index contributed by atoms with van der Waals surface area (Å²) in [6, 6.07) is 2.34. The average Bonchev–Trinajstić information content (AvgIpc) is 3.30. The molecule has 0 aliphatic heterocycles. The number of carboxylic acid groups (broad SMARTS) is 1. The van der Waals surface area contributed by atoms with Crippen LogP contribution in [0.25, 0.3) is 16.8 Å². The number of nitrogens with one attached hydrogen (secondary N) is 1. The van der Waals surface area contributed by atoms with Crippen LogP contribution in [0.4, 0.5) is 4.39 Å². The number of H-pyrrole nitrogens is 1. The Kier molecular flexibility index (Phi) is 3.59. The molecular formula is C16H10Cl2FN3O3. The number of aromatic nitrogens is 3. The van der Waals surface area contributed by atoms with Crippen LogP contribution in [-0.2, 0) is 0 Å². The summed E-state index contributed by atoms with van der Waals surface area (Å²) < 4.78 is 15.4. The molecule has 1 fully saturated rings. The number of carbonyl (C=O) groups is 1. The van der Waals surface area contributed by atoms with E-state index in [4.69, 9.17) is 23.2 Å². The van der Waals surface area contributed by atoms with Gasteiger partial charge in [-0.3, -0.25) is 4.79 Å². The molecule has 1 aromatic carbocycles. The molecule has 9 heteroatoms. The van der Waals surface area contributed by atoms with Crippen LogP contribution in [0.3, 0.4) is 0 Å². The Morgan fingerprint density at radius 2 is 2.00 bits per heavy atom. The maximum atomic E-state index is 14.2. The molecule has 1 aliphatic rings. The number of rotatable bonds is 3. The van der Waals surface area contributed by atoms with Crippen LogP contribution in [0.5, 0.6) is 0 Å². The van der Waals surface area contributed by atoms with Gasteiger partial charge in [0.2, 0.25) is 0 Å². The molecule has 4 rings (SSSR count). The molecule has 1 aliphatic carbocycles. The highest BCUT2D eigenvalue weighted by molar-refractivity contribution is 6.42. The zero-order chi connectivity index (χ0) is 17.9. The standard InChI is InChI=1S/C16H10Cl2FN3O3/c17-8-3-7(10(19)4-9(8)18)11-5-22-14(15(23)20-11)12(6-1-2-6)13(21-22)16(24)25/h3-6H,1-2H2,(H,20,23)(H,24,25). The van der Waals surface area contributed by atoms with E-state index in [-0.39, 0.29) is 38.4 Å². The molecule has 2 N–H and O–H groups in total. The van der Waals surface area contributed by atoms with Gasteiger partial charge in [0.15, 0.2) is 5.69 Å². The summed E-state index contributed by atoms with van der Waals surface area (Å²) in [6.07, 6.45) is 2.99. The first kappa shape index (κ1) is 16.1. The fourth-order valence-electron chi connectivity index (χ4n) is 2.89. The molecule has 1 saturated carbocycles. The first-order valence-electron chi connectivity index (χ1n) is 7.40. The van der Waals surface area contributed by atoms with Gasteiger partial charge in [0, 0.05) is 11.1 Å². The van der Waals surface area contributed by atoms with Crippen LogP contribution < -0.4 is 5.56 Å². The van der Waals surface area contributed by atoms with E-state index in [2.05, 4.69) is 10.1 Å². The Hall–Kier alpha value is -2.38. The van der Waals surface area contributed by atoms with Crippen molar-refractivity contribution in [3.63, 3.8) is 0 Å². The Balaban J connectivity index is 1.99. The average molecular weight is 382 g/mol. The predicted octanol–water partition coefficient (Wildman–Crippen LogP) is 3.71. The zero-order valence-electron chi connectivity index (χ0n) is 12.5.